The second-order valence-electron chi connectivity index (χ2n) is 8.07. The number of hydrogen-bond acceptors (Lipinski definition) is 5. The Kier molecular flexibility index (Phi) is 6.09. The number of esters is 1. The van der Waals surface area contributed by atoms with Crippen molar-refractivity contribution in [3.05, 3.63) is 35.9 Å². The zero-order valence-electron chi connectivity index (χ0n) is 16.5. The van der Waals surface area contributed by atoms with E-state index in [0.29, 0.717) is 6.61 Å². The van der Waals surface area contributed by atoms with Gasteiger partial charge >= 0.3 is 5.97 Å². The quantitative estimate of drug-likeness (QED) is 0.816. The molecular weight excluding hydrogens is 332 g/mol. The van der Waals surface area contributed by atoms with Crippen molar-refractivity contribution in [3.63, 3.8) is 0 Å². The molecule has 0 saturated carbocycles. The van der Waals surface area contributed by atoms with Gasteiger partial charge in [-0.25, -0.2) is 0 Å². The minimum Gasteiger partial charge on any atom is -0.459 e. The number of amides is 1. The molecular formula is C20H30N2O4. The molecule has 6 nitrogen and oxygen atoms in total. The van der Waals surface area contributed by atoms with Gasteiger partial charge < -0.3 is 14.8 Å². The molecule has 0 radical (unpaired) electrons. The molecule has 0 spiro atoms. The minimum atomic E-state index is -0.580. The molecule has 1 aliphatic rings. The lowest BCUT2D eigenvalue weighted by Crippen LogP contribution is -2.53. The van der Waals surface area contributed by atoms with Crippen LogP contribution in [0.15, 0.2) is 30.3 Å². The van der Waals surface area contributed by atoms with E-state index < -0.39 is 23.3 Å². The van der Waals surface area contributed by atoms with E-state index in [9.17, 15) is 9.59 Å². The summed E-state index contributed by atoms with van der Waals surface area (Å²) in [6.07, 6.45) is 0. The fourth-order valence-corrected chi connectivity index (χ4v) is 3.29. The molecule has 1 N–H and O–H groups in total. The molecule has 2 rings (SSSR count). The molecule has 1 aliphatic heterocycles. The maximum atomic E-state index is 12.6. The summed E-state index contributed by atoms with van der Waals surface area (Å²) in [7, 11) is 0. The third-order valence-electron chi connectivity index (χ3n) is 4.36. The van der Waals surface area contributed by atoms with Crippen molar-refractivity contribution in [2.24, 2.45) is 0 Å². The van der Waals surface area contributed by atoms with Crippen LogP contribution >= 0.6 is 0 Å². The summed E-state index contributed by atoms with van der Waals surface area (Å²) in [6, 6.07) is 9.51. The van der Waals surface area contributed by atoms with Crippen LogP contribution in [0.4, 0.5) is 0 Å². The van der Waals surface area contributed by atoms with Gasteiger partial charge in [-0.05, 0) is 47.1 Å². The van der Waals surface area contributed by atoms with Crippen molar-refractivity contribution in [2.75, 3.05) is 13.2 Å². The van der Waals surface area contributed by atoms with E-state index in [0.717, 1.165) is 5.56 Å². The Morgan fingerprint density at radius 1 is 1.31 bits per heavy atom. The van der Waals surface area contributed by atoms with Gasteiger partial charge in [-0.1, -0.05) is 30.3 Å². The second kappa shape index (κ2) is 7.76. The average molecular weight is 362 g/mol. The number of nitrogens with one attached hydrogen (secondary N) is 1. The van der Waals surface area contributed by atoms with Crippen LogP contribution in [0, 0.1) is 0 Å². The first-order valence-electron chi connectivity index (χ1n) is 8.98. The fraction of sp³-hybridized carbons (Fsp3) is 0.600. The van der Waals surface area contributed by atoms with Gasteiger partial charge in [0.1, 0.15) is 17.9 Å². The second-order valence-corrected chi connectivity index (χ2v) is 8.07. The molecule has 0 aromatic heterocycles. The normalized spacial score (nSPS) is 21.2. The first-order valence-corrected chi connectivity index (χ1v) is 8.98. The lowest BCUT2D eigenvalue weighted by molar-refractivity contribution is -0.155. The van der Waals surface area contributed by atoms with Crippen molar-refractivity contribution in [1.29, 1.82) is 0 Å². The Labute approximate surface area is 155 Å². The monoisotopic (exact) mass is 362 g/mol. The molecule has 1 aromatic carbocycles. The maximum absolute atomic E-state index is 12.6. The number of carbonyl (C=O) groups excluding carboxylic acids is 2. The third-order valence-corrected chi connectivity index (χ3v) is 4.36. The number of ether oxygens (including phenoxy) is 2. The van der Waals surface area contributed by atoms with Crippen LogP contribution in [-0.4, -0.2) is 47.3 Å². The molecule has 26 heavy (non-hydrogen) atoms. The van der Waals surface area contributed by atoms with Crippen molar-refractivity contribution < 1.29 is 19.1 Å². The van der Waals surface area contributed by atoms with Crippen LogP contribution in [0.1, 0.15) is 53.1 Å². The highest BCUT2D eigenvalue weighted by atomic mass is 16.6. The number of benzene rings is 1. The zero-order valence-corrected chi connectivity index (χ0v) is 16.5. The fourth-order valence-electron chi connectivity index (χ4n) is 3.29. The highest BCUT2D eigenvalue weighted by molar-refractivity contribution is 5.85. The number of carbonyl (C=O) groups is 2. The maximum Gasteiger partial charge on any atom is 0.325 e. The summed E-state index contributed by atoms with van der Waals surface area (Å²) < 4.78 is 11.2. The molecule has 1 heterocycles. The van der Waals surface area contributed by atoms with Gasteiger partial charge in [-0.2, -0.15) is 0 Å². The van der Waals surface area contributed by atoms with E-state index in [-0.39, 0.29) is 18.5 Å². The van der Waals surface area contributed by atoms with Crippen LogP contribution in [-0.2, 0) is 19.1 Å². The smallest absolute Gasteiger partial charge is 0.325 e. The van der Waals surface area contributed by atoms with Gasteiger partial charge in [0, 0.05) is 0 Å². The first kappa shape index (κ1) is 20.4. The van der Waals surface area contributed by atoms with Crippen molar-refractivity contribution in [3.8, 4) is 0 Å². The topological polar surface area (TPSA) is 67.9 Å². The molecule has 1 saturated heterocycles. The molecule has 1 fully saturated rings. The molecule has 6 heteroatoms. The molecule has 0 bridgehead atoms. The van der Waals surface area contributed by atoms with Crippen LogP contribution < -0.4 is 5.32 Å². The number of hydrogen-bond donors (Lipinski definition) is 1. The third kappa shape index (κ3) is 5.05. The van der Waals surface area contributed by atoms with Gasteiger partial charge in [0.05, 0.1) is 18.7 Å². The van der Waals surface area contributed by atoms with E-state index in [2.05, 4.69) is 5.32 Å². The van der Waals surface area contributed by atoms with E-state index in [1.165, 1.54) is 0 Å². The predicted molar refractivity (Wildman–Crippen MR) is 99.4 cm³/mol. The Morgan fingerprint density at radius 3 is 2.50 bits per heavy atom. The summed E-state index contributed by atoms with van der Waals surface area (Å²) in [4.78, 5) is 26.5. The Morgan fingerprint density at radius 2 is 1.92 bits per heavy atom. The van der Waals surface area contributed by atoms with Crippen molar-refractivity contribution in [1.82, 2.24) is 10.2 Å². The summed E-state index contributed by atoms with van der Waals surface area (Å²) in [5.74, 6) is -0.676. The van der Waals surface area contributed by atoms with Gasteiger partial charge in [0.15, 0.2) is 0 Å². The lowest BCUT2D eigenvalue weighted by Gasteiger charge is -2.37. The zero-order chi connectivity index (χ0) is 19.5. The predicted octanol–water partition coefficient (Wildman–Crippen LogP) is 2.64. The molecule has 1 aromatic rings. The van der Waals surface area contributed by atoms with Gasteiger partial charge in [0.25, 0.3) is 0 Å². The molecule has 0 aliphatic carbocycles. The average Bonchev–Trinajstić information content (AvgIpc) is 2.86. The Hall–Kier alpha value is -1.92. The van der Waals surface area contributed by atoms with Crippen LogP contribution in [0.2, 0.25) is 0 Å². The van der Waals surface area contributed by atoms with E-state index in [1.54, 1.807) is 20.8 Å². The largest absolute Gasteiger partial charge is 0.459 e. The molecule has 1 amide bonds. The standard InChI is InChI=1S/C20H30N2O4/c1-14(18(24)21-12-17(23)26-19(2,3)4)22-16(13-25-20(22,5)6)15-10-8-7-9-11-15/h7-11,14,16H,12-13H2,1-6H3,(H,21,24)/t14?,16-/m1/s1. The molecule has 1 unspecified atom stereocenters. The Balaban J connectivity index is 2.06. The summed E-state index contributed by atoms with van der Waals surface area (Å²) >= 11 is 0. The summed E-state index contributed by atoms with van der Waals surface area (Å²) in [6.45, 7) is 11.5. The first-order chi connectivity index (χ1) is 12.0. The summed E-state index contributed by atoms with van der Waals surface area (Å²) in [5, 5.41) is 2.68. The number of rotatable bonds is 5. The van der Waals surface area contributed by atoms with Gasteiger partial charge in [-0.3, -0.25) is 14.5 Å². The van der Waals surface area contributed by atoms with E-state index >= 15 is 0 Å². The van der Waals surface area contributed by atoms with Crippen molar-refractivity contribution >= 4 is 11.9 Å². The highest BCUT2D eigenvalue weighted by Gasteiger charge is 2.45. The van der Waals surface area contributed by atoms with Crippen LogP contribution in [0.25, 0.3) is 0 Å². The molecule has 2 atom stereocenters. The SMILES string of the molecule is CC(C(=O)NCC(=O)OC(C)(C)C)N1[C@@H](c2ccccc2)COC1(C)C. The Bertz CT molecular complexity index is 637. The highest BCUT2D eigenvalue weighted by Crippen LogP contribution is 2.38. The molecule has 144 valence electrons. The minimum absolute atomic E-state index is 0.0199. The van der Waals surface area contributed by atoms with Crippen LogP contribution in [0.3, 0.4) is 0 Å². The van der Waals surface area contributed by atoms with Gasteiger partial charge in [0.2, 0.25) is 5.91 Å². The van der Waals surface area contributed by atoms with E-state index in [1.807, 2.05) is 56.0 Å². The number of nitrogens with zero attached hydrogens (tertiary/aromatic N) is 1. The lowest BCUT2D eigenvalue weighted by atomic mass is 10.0. The van der Waals surface area contributed by atoms with Gasteiger partial charge in [-0.15, -0.1) is 0 Å². The summed E-state index contributed by atoms with van der Waals surface area (Å²) in [5.41, 5.74) is -0.0512. The van der Waals surface area contributed by atoms with Crippen molar-refractivity contribution in [2.45, 2.75) is 65.0 Å². The van der Waals surface area contributed by atoms with Crippen LogP contribution in [0.5, 0.6) is 0 Å². The van der Waals surface area contributed by atoms with E-state index in [4.69, 9.17) is 9.47 Å².